The van der Waals surface area contributed by atoms with Crippen molar-refractivity contribution in [2.24, 2.45) is 0 Å². The highest BCUT2D eigenvalue weighted by atomic mass is 35.5. The van der Waals surface area contributed by atoms with Gasteiger partial charge in [0.05, 0.1) is 6.54 Å². The Kier molecular flexibility index (Phi) is 5.81. The fourth-order valence-corrected chi connectivity index (χ4v) is 4.89. The quantitative estimate of drug-likeness (QED) is 0.454. The van der Waals surface area contributed by atoms with Crippen molar-refractivity contribution in [3.8, 4) is 11.1 Å². The molecule has 0 N–H and O–H groups in total. The van der Waals surface area contributed by atoms with E-state index in [2.05, 4.69) is 9.88 Å². The van der Waals surface area contributed by atoms with Gasteiger partial charge in [0.15, 0.2) is 0 Å². The Morgan fingerprint density at radius 1 is 1.12 bits per heavy atom. The highest BCUT2D eigenvalue weighted by molar-refractivity contribution is 6.31. The minimum absolute atomic E-state index is 0.272. The molecule has 2 saturated heterocycles. The number of piperidine rings is 1. The van der Waals surface area contributed by atoms with E-state index in [1.54, 1.807) is 17.2 Å². The number of aromatic nitrogens is 1. The molecule has 33 heavy (non-hydrogen) atoms. The highest BCUT2D eigenvalue weighted by Crippen LogP contribution is 2.37. The van der Waals surface area contributed by atoms with Crippen LogP contribution in [0.1, 0.15) is 24.0 Å². The predicted molar refractivity (Wildman–Crippen MR) is 127 cm³/mol. The largest absolute Gasteiger partial charge is 0.441 e. The number of halogens is 2. The maximum absolute atomic E-state index is 13.3. The SMILES string of the molecule is Cc1cc(-c2ccc(F)nc2)c(CN2CCC3(CC2)CN(c2ccccc2)C(=O)O3)cc1Cl. The summed E-state index contributed by atoms with van der Waals surface area (Å²) in [6.45, 7) is 4.86. The molecule has 2 fully saturated rings. The molecule has 7 heteroatoms. The number of hydrogen-bond donors (Lipinski definition) is 0. The molecule has 2 aromatic carbocycles. The van der Waals surface area contributed by atoms with E-state index in [9.17, 15) is 9.18 Å². The van der Waals surface area contributed by atoms with Crippen molar-refractivity contribution in [2.45, 2.75) is 31.9 Å². The second-order valence-corrected chi connectivity index (χ2v) is 9.28. The van der Waals surface area contributed by atoms with Gasteiger partial charge in [-0.3, -0.25) is 9.80 Å². The average molecular weight is 466 g/mol. The number of anilines is 1. The maximum atomic E-state index is 13.3. The normalized spacial score (nSPS) is 18.0. The van der Waals surface area contributed by atoms with E-state index in [4.69, 9.17) is 16.3 Å². The molecule has 2 aliphatic heterocycles. The Morgan fingerprint density at radius 3 is 2.58 bits per heavy atom. The van der Waals surface area contributed by atoms with Crippen molar-refractivity contribution in [3.05, 3.63) is 82.9 Å². The first kappa shape index (κ1) is 21.9. The van der Waals surface area contributed by atoms with Gasteiger partial charge in [0.25, 0.3) is 0 Å². The Bertz CT molecular complexity index is 1160. The molecule has 2 aliphatic rings. The summed E-state index contributed by atoms with van der Waals surface area (Å²) in [6.07, 6.45) is 2.83. The summed E-state index contributed by atoms with van der Waals surface area (Å²) >= 11 is 6.45. The summed E-state index contributed by atoms with van der Waals surface area (Å²) in [5.41, 5.74) is 4.34. The van der Waals surface area contributed by atoms with Crippen LogP contribution in [0.2, 0.25) is 5.02 Å². The Hall–Kier alpha value is -2.96. The first-order valence-electron chi connectivity index (χ1n) is 11.1. The number of nitrogens with zero attached hydrogens (tertiary/aromatic N) is 3. The van der Waals surface area contributed by atoms with Gasteiger partial charge in [-0.05, 0) is 60.0 Å². The smallest absolute Gasteiger partial charge is 0.415 e. The van der Waals surface area contributed by atoms with Crippen LogP contribution < -0.4 is 4.90 Å². The van der Waals surface area contributed by atoms with E-state index >= 15 is 0 Å². The summed E-state index contributed by atoms with van der Waals surface area (Å²) in [6, 6.07) is 16.8. The third kappa shape index (κ3) is 4.45. The third-order valence-corrected chi connectivity index (χ3v) is 7.03. The molecule has 0 atom stereocenters. The summed E-state index contributed by atoms with van der Waals surface area (Å²) in [5.74, 6) is -0.497. The van der Waals surface area contributed by atoms with Gasteiger partial charge >= 0.3 is 6.09 Å². The number of para-hydroxylation sites is 1. The topological polar surface area (TPSA) is 45.7 Å². The summed E-state index contributed by atoms with van der Waals surface area (Å²) in [4.78, 5) is 20.5. The van der Waals surface area contributed by atoms with Gasteiger partial charge < -0.3 is 4.74 Å². The third-order valence-electron chi connectivity index (χ3n) is 6.62. The van der Waals surface area contributed by atoms with E-state index in [0.29, 0.717) is 18.1 Å². The lowest BCUT2D eigenvalue weighted by Gasteiger charge is -2.37. The summed E-state index contributed by atoms with van der Waals surface area (Å²) in [7, 11) is 0. The van der Waals surface area contributed by atoms with Crippen LogP contribution in [0.15, 0.2) is 60.8 Å². The highest BCUT2D eigenvalue weighted by Gasteiger charge is 2.47. The van der Waals surface area contributed by atoms with Gasteiger partial charge in [-0.15, -0.1) is 0 Å². The molecule has 0 saturated carbocycles. The van der Waals surface area contributed by atoms with Crippen LogP contribution in [-0.4, -0.2) is 41.2 Å². The standard InChI is InChI=1S/C26H25ClFN3O2/c1-18-13-22(19-7-8-24(28)29-15-19)20(14-23(18)27)16-30-11-9-26(10-12-30)17-31(25(32)33-26)21-5-3-2-4-6-21/h2-8,13-15H,9-12,16-17H2,1H3. The average Bonchev–Trinajstić information content (AvgIpc) is 3.14. The second kappa shape index (κ2) is 8.76. The molecule has 5 nitrogen and oxygen atoms in total. The van der Waals surface area contributed by atoms with Crippen molar-refractivity contribution in [3.63, 3.8) is 0 Å². The lowest BCUT2D eigenvalue weighted by atomic mass is 9.90. The van der Waals surface area contributed by atoms with Gasteiger partial charge in [0, 0.05) is 54.9 Å². The van der Waals surface area contributed by atoms with Crippen molar-refractivity contribution in [1.82, 2.24) is 9.88 Å². The molecule has 0 bridgehead atoms. The number of aryl methyl sites for hydroxylation is 1. The van der Waals surface area contributed by atoms with Crippen molar-refractivity contribution >= 4 is 23.4 Å². The number of ether oxygens (including phenoxy) is 1. The van der Waals surface area contributed by atoms with Crippen molar-refractivity contribution in [1.29, 1.82) is 0 Å². The van der Waals surface area contributed by atoms with E-state index in [0.717, 1.165) is 53.9 Å². The number of benzene rings is 2. The van der Waals surface area contributed by atoms with E-state index in [1.807, 2.05) is 49.4 Å². The summed E-state index contributed by atoms with van der Waals surface area (Å²) in [5, 5.41) is 0.709. The van der Waals surface area contributed by atoms with Gasteiger partial charge in [-0.1, -0.05) is 29.8 Å². The first-order chi connectivity index (χ1) is 15.9. The molecule has 170 valence electrons. The minimum Gasteiger partial charge on any atom is -0.441 e. The van der Waals surface area contributed by atoms with Crippen molar-refractivity contribution < 1.29 is 13.9 Å². The zero-order valence-corrected chi connectivity index (χ0v) is 19.2. The van der Waals surface area contributed by atoms with Crippen LogP contribution in [0.25, 0.3) is 11.1 Å². The molecule has 3 aromatic rings. The molecule has 5 rings (SSSR count). The molecule has 0 unspecified atom stereocenters. The molecule has 1 amide bonds. The lowest BCUT2D eigenvalue weighted by molar-refractivity contribution is -0.000934. The van der Waals surface area contributed by atoms with E-state index in [-0.39, 0.29) is 6.09 Å². The number of likely N-dealkylation sites (tertiary alicyclic amines) is 1. The molecule has 0 aliphatic carbocycles. The fraction of sp³-hybridized carbons (Fsp3) is 0.308. The minimum atomic E-state index is -0.497. The number of carbonyl (C=O) groups excluding carboxylic acids is 1. The number of carbonyl (C=O) groups is 1. The van der Waals surface area contributed by atoms with Gasteiger partial charge in [-0.2, -0.15) is 4.39 Å². The number of rotatable bonds is 4. The van der Waals surface area contributed by atoms with Gasteiger partial charge in [-0.25, -0.2) is 9.78 Å². The Balaban J connectivity index is 1.31. The zero-order valence-electron chi connectivity index (χ0n) is 18.4. The van der Waals surface area contributed by atoms with Crippen LogP contribution in [-0.2, 0) is 11.3 Å². The molecular formula is C26H25ClFN3O2. The van der Waals surface area contributed by atoms with Gasteiger partial charge in [0.2, 0.25) is 5.95 Å². The monoisotopic (exact) mass is 465 g/mol. The van der Waals surface area contributed by atoms with E-state index in [1.165, 1.54) is 6.07 Å². The lowest BCUT2D eigenvalue weighted by Crippen LogP contribution is -2.46. The van der Waals surface area contributed by atoms with Crippen LogP contribution in [0, 0.1) is 12.9 Å². The van der Waals surface area contributed by atoms with Crippen LogP contribution in [0.4, 0.5) is 14.9 Å². The van der Waals surface area contributed by atoms with Crippen LogP contribution in [0.5, 0.6) is 0 Å². The maximum Gasteiger partial charge on any atom is 0.415 e. The molecule has 3 heterocycles. The number of hydrogen-bond acceptors (Lipinski definition) is 4. The van der Waals surface area contributed by atoms with E-state index < -0.39 is 11.5 Å². The summed E-state index contributed by atoms with van der Waals surface area (Å²) < 4.78 is 19.2. The second-order valence-electron chi connectivity index (χ2n) is 8.88. The fourth-order valence-electron chi connectivity index (χ4n) is 4.71. The van der Waals surface area contributed by atoms with Gasteiger partial charge in [0.1, 0.15) is 5.60 Å². The molecule has 1 spiro atoms. The van der Waals surface area contributed by atoms with Crippen LogP contribution >= 0.6 is 11.6 Å². The zero-order chi connectivity index (χ0) is 23.0. The van der Waals surface area contributed by atoms with Crippen molar-refractivity contribution in [2.75, 3.05) is 24.5 Å². The number of amides is 1. The molecule has 0 radical (unpaired) electrons. The van der Waals surface area contributed by atoms with Crippen LogP contribution in [0.3, 0.4) is 0 Å². The molecule has 1 aromatic heterocycles. The molecular weight excluding hydrogens is 441 g/mol. The predicted octanol–water partition coefficient (Wildman–Crippen LogP) is 5.84. The number of pyridine rings is 1. The Labute approximate surface area is 197 Å². The first-order valence-corrected chi connectivity index (χ1v) is 11.5. The Morgan fingerprint density at radius 2 is 1.88 bits per heavy atom.